The molecule has 2 aromatic rings. The van der Waals surface area contributed by atoms with Crippen molar-refractivity contribution in [2.45, 2.75) is 38.5 Å². The third-order valence-electron chi connectivity index (χ3n) is 4.08. The van der Waals surface area contributed by atoms with Crippen LogP contribution in [0.15, 0.2) is 41.0 Å². The van der Waals surface area contributed by atoms with Gasteiger partial charge in [0.2, 0.25) is 0 Å². The molecule has 1 amide bonds. The van der Waals surface area contributed by atoms with Crippen molar-refractivity contribution in [2.24, 2.45) is 0 Å². The molecule has 1 aromatic heterocycles. The maximum absolute atomic E-state index is 12.2. The number of aryl methyl sites for hydroxylation is 3. The Labute approximate surface area is 125 Å². The Hall–Kier alpha value is -2.03. The van der Waals surface area contributed by atoms with Gasteiger partial charge in [0.05, 0.1) is 6.26 Å². The number of carbonyl (C=O) groups excluding carboxylic acids is 1. The Bertz CT molecular complexity index is 602. The van der Waals surface area contributed by atoms with E-state index < -0.39 is 0 Å². The quantitative estimate of drug-likeness (QED) is 0.853. The average Bonchev–Trinajstić information content (AvgIpc) is 3.04. The van der Waals surface area contributed by atoms with Gasteiger partial charge >= 0.3 is 0 Å². The molecule has 21 heavy (non-hydrogen) atoms. The molecule has 0 fully saturated rings. The molecule has 0 radical (unpaired) electrons. The predicted octanol–water partition coefficient (Wildman–Crippen LogP) is 3.52. The molecule has 0 aliphatic heterocycles. The predicted molar refractivity (Wildman–Crippen MR) is 82.4 cm³/mol. The minimum Gasteiger partial charge on any atom is -0.469 e. The first kappa shape index (κ1) is 13.9. The summed E-state index contributed by atoms with van der Waals surface area (Å²) in [7, 11) is 0. The molecular formula is C18H21NO2. The third-order valence-corrected chi connectivity index (χ3v) is 4.08. The summed E-state index contributed by atoms with van der Waals surface area (Å²) in [4.78, 5) is 12.2. The Morgan fingerprint density at radius 2 is 2.00 bits per heavy atom. The minimum atomic E-state index is 0.0304. The molecule has 1 aromatic carbocycles. The fourth-order valence-electron chi connectivity index (χ4n) is 2.90. The maximum atomic E-state index is 12.2. The van der Waals surface area contributed by atoms with Crippen LogP contribution in [-0.4, -0.2) is 12.5 Å². The van der Waals surface area contributed by atoms with Gasteiger partial charge in [-0.1, -0.05) is 6.07 Å². The van der Waals surface area contributed by atoms with Crippen LogP contribution in [0.25, 0.3) is 0 Å². The van der Waals surface area contributed by atoms with Crippen LogP contribution in [0.4, 0.5) is 0 Å². The molecule has 0 saturated carbocycles. The smallest absolute Gasteiger partial charge is 0.251 e. The first-order valence-electron chi connectivity index (χ1n) is 7.75. The summed E-state index contributed by atoms with van der Waals surface area (Å²) in [5.41, 5.74) is 3.55. The van der Waals surface area contributed by atoms with Crippen LogP contribution in [0.3, 0.4) is 0 Å². The van der Waals surface area contributed by atoms with Gasteiger partial charge < -0.3 is 9.73 Å². The highest BCUT2D eigenvalue weighted by atomic mass is 16.3. The van der Waals surface area contributed by atoms with Crippen molar-refractivity contribution in [3.63, 3.8) is 0 Å². The van der Waals surface area contributed by atoms with E-state index in [2.05, 4.69) is 17.4 Å². The van der Waals surface area contributed by atoms with E-state index in [9.17, 15) is 4.79 Å². The molecule has 3 nitrogen and oxygen atoms in total. The number of hydrogen-bond acceptors (Lipinski definition) is 2. The number of carbonyl (C=O) groups is 1. The summed E-state index contributed by atoms with van der Waals surface area (Å²) in [6.45, 7) is 0.677. The number of amides is 1. The third kappa shape index (κ3) is 3.54. The zero-order chi connectivity index (χ0) is 14.5. The molecule has 0 atom stereocenters. The molecule has 1 aliphatic rings. The average molecular weight is 283 g/mol. The highest BCUT2D eigenvalue weighted by Crippen LogP contribution is 2.22. The molecule has 3 rings (SSSR count). The molecule has 0 saturated heterocycles. The van der Waals surface area contributed by atoms with Gasteiger partial charge in [0.1, 0.15) is 5.76 Å². The van der Waals surface area contributed by atoms with Crippen LogP contribution >= 0.6 is 0 Å². The molecule has 1 heterocycles. The van der Waals surface area contributed by atoms with Gasteiger partial charge in [0.15, 0.2) is 0 Å². The van der Waals surface area contributed by atoms with Gasteiger partial charge in [-0.05, 0) is 67.5 Å². The molecule has 1 N–H and O–H groups in total. The lowest BCUT2D eigenvalue weighted by molar-refractivity contribution is 0.0953. The van der Waals surface area contributed by atoms with Gasteiger partial charge in [0, 0.05) is 18.5 Å². The second-order valence-corrected chi connectivity index (χ2v) is 5.63. The van der Waals surface area contributed by atoms with Crippen molar-refractivity contribution in [3.05, 3.63) is 59.0 Å². The van der Waals surface area contributed by atoms with E-state index in [4.69, 9.17) is 4.42 Å². The number of nitrogens with one attached hydrogen (secondary N) is 1. The van der Waals surface area contributed by atoms with Crippen LogP contribution in [0.5, 0.6) is 0 Å². The van der Waals surface area contributed by atoms with Crippen LogP contribution in [0.2, 0.25) is 0 Å². The van der Waals surface area contributed by atoms with Crippen LogP contribution in [-0.2, 0) is 19.3 Å². The highest BCUT2D eigenvalue weighted by molar-refractivity contribution is 5.94. The van der Waals surface area contributed by atoms with Crippen molar-refractivity contribution < 1.29 is 9.21 Å². The monoisotopic (exact) mass is 283 g/mol. The van der Waals surface area contributed by atoms with E-state index in [0.29, 0.717) is 6.54 Å². The fourth-order valence-corrected chi connectivity index (χ4v) is 2.90. The lowest BCUT2D eigenvalue weighted by Crippen LogP contribution is -2.25. The summed E-state index contributed by atoms with van der Waals surface area (Å²) in [6.07, 6.45) is 8.20. The second kappa shape index (κ2) is 6.61. The summed E-state index contributed by atoms with van der Waals surface area (Å²) in [6, 6.07) is 9.99. The lowest BCUT2D eigenvalue weighted by atomic mass is 9.90. The number of fused-ring (bicyclic) bond motifs is 1. The molecule has 0 spiro atoms. The molecule has 1 aliphatic carbocycles. The fraction of sp³-hybridized carbons (Fsp3) is 0.389. The molecule has 0 bridgehead atoms. The Kier molecular flexibility index (Phi) is 4.39. The van der Waals surface area contributed by atoms with Crippen LogP contribution < -0.4 is 5.32 Å². The first-order chi connectivity index (χ1) is 10.3. The van der Waals surface area contributed by atoms with Crippen molar-refractivity contribution in [2.75, 3.05) is 6.54 Å². The standard InChI is InChI=1S/C18H21NO2/c20-18(19-11-3-7-17-8-4-12-21-17)16-10-9-14-5-1-2-6-15(14)13-16/h4,8-10,12-13H,1-3,5-7,11H2,(H,19,20). The highest BCUT2D eigenvalue weighted by Gasteiger charge is 2.12. The maximum Gasteiger partial charge on any atom is 0.251 e. The zero-order valence-corrected chi connectivity index (χ0v) is 12.2. The van der Waals surface area contributed by atoms with Gasteiger partial charge in [-0.15, -0.1) is 0 Å². The van der Waals surface area contributed by atoms with Crippen LogP contribution in [0.1, 0.15) is 46.5 Å². The molecule has 110 valence electrons. The van der Waals surface area contributed by atoms with Crippen molar-refractivity contribution in [1.82, 2.24) is 5.32 Å². The van der Waals surface area contributed by atoms with E-state index in [1.165, 1.54) is 24.0 Å². The molecule has 0 unspecified atom stereocenters. The number of rotatable bonds is 5. The van der Waals surface area contributed by atoms with Gasteiger partial charge in [-0.25, -0.2) is 0 Å². The van der Waals surface area contributed by atoms with E-state index in [1.54, 1.807) is 6.26 Å². The number of hydrogen-bond donors (Lipinski definition) is 1. The molecule has 3 heteroatoms. The van der Waals surface area contributed by atoms with E-state index in [1.807, 2.05) is 18.2 Å². The van der Waals surface area contributed by atoms with Crippen LogP contribution in [0, 0.1) is 0 Å². The Morgan fingerprint density at radius 3 is 2.81 bits per heavy atom. The van der Waals surface area contributed by atoms with E-state index in [-0.39, 0.29) is 5.91 Å². The van der Waals surface area contributed by atoms with E-state index in [0.717, 1.165) is 37.0 Å². The van der Waals surface area contributed by atoms with E-state index >= 15 is 0 Å². The van der Waals surface area contributed by atoms with Gasteiger partial charge in [-0.3, -0.25) is 4.79 Å². The summed E-state index contributed by atoms with van der Waals surface area (Å²) in [5, 5.41) is 2.99. The zero-order valence-electron chi connectivity index (χ0n) is 12.2. The summed E-state index contributed by atoms with van der Waals surface area (Å²) < 4.78 is 5.27. The lowest BCUT2D eigenvalue weighted by Gasteiger charge is -2.16. The minimum absolute atomic E-state index is 0.0304. The molecular weight excluding hydrogens is 262 g/mol. The van der Waals surface area contributed by atoms with Crippen molar-refractivity contribution >= 4 is 5.91 Å². The number of benzene rings is 1. The largest absolute Gasteiger partial charge is 0.469 e. The topological polar surface area (TPSA) is 42.2 Å². The SMILES string of the molecule is O=C(NCCCc1ccco1)c1ccc2c(c1)CCCC2. The number of furan rings is 1. The Balaban J connectivity index is 1.51. The summed E-state index contributed by atoms with van der Waals surface area (Å²) in [5.74, 6) is 1.00. The Morgan fingerprint density at radius 1 is 1.14 bits per heavy atom. The van der Waals surface area contributed by atoms with Crippen molar-refractivity contribution in [1.29, 1.82) is 0 Å². The van der Waals surface area contributed by atoms with Crippen molar-refractivity contribution in [3.8, 4) is 0 Å². The van der Waals surface area contributed by atoms with Gasteiger partial charge in [-0.2, -0.15) is 0 Å². The normalized spacial score (nSPS) is 13.7. The first-order valence-corrected chi connectivity index (χ1v) is 7.75. The van der Waals surface area contributed by atoms with Gasteiger partial charge in [0.25, 0.3) is 5.91 Å². The second-order valence-electron chi connectivity index (χ2n) is 5.63. The summed E-state index contributed by atoms with van der Waals surface area (Å²) >= 11 is 0.